The summed E-state index contributed by atoms with van der Waals surface area (Å²) in [6.45, 7) is 5.64. The third-order valence-corrected chi connectivity index (χ3v) is 6.57. The summed E-state index contributed by atoms with van der Waals surface area (Å²) in [4.78, 5) is 17.4. The molecular weight excluding hydrogens is 362 g/mol. The Bertz CT molecular complexity index is 911. The van der Waals surface area contributed by atoms with Gasteiger partial charge in [-0.05, 0) is 57.6 Å². The molecule has 3 aliphatic rings. The highest BCUT2D eigenvalue weighted by Gasteiger charge is 2.27. The van der Waals surface area contributed by atoms with Crippen LogP contribution >= 0.6 is 0 Å². The van der Waals surface area contributed by atoms with Crippen molar-refractivity contribution in [3.8, 4) is 0 Å². The van der Waals surface area contributed by atoms with Crippen LogP contribution in [0.5, 0.6) is 0 Å². The summed E-state index contributed by atoms with van der Waals surface area (Å²) in [5, 5.41) is 1.15. The fraction of sp³-hybridized carbons (Fsp3) is 0.609. The molecule has 1 saturated carbocycles. The third kappa shape index (κ3) is 4.01. The molecule has 1 aliphatic carbocycles. The number of nitrogens with two attached hydrogens (primary N) is 1. The number of benzene rings is 1. The van der Waals surface area contributed by atoms with E-state index in [4.69, 9.17) is 25.4 Å². The molecule has 29 heavy (non-hydrogen) atoms. The van der Waals surface area contributed by atoms with Gasteiger partial charge in [-0.3, -0.25) is 4.99 Å². The van der Waals surface area contributed by atoms with Gasteiger partial charge in [0, 0.05) is 42.8 Å². The number of rotatable bonds is 3. The molecule has 2 aliphatic heterocycles. The van der Waals surface area contributed by atoms with Crippen LogP contribution in [0.1, 0.15) is 55.8 Å². The third-order valence-electron chi connectivity index (χ3n) is 6.57. The van der Waals surface area contributed by atoms with E-state index in [-0.39, 0.29) is 6.04 Å². The second kappa shape index (κ2) is 8.00. The second-order valence-corrected chi connectivity index (χ2v) is 8.91. The maximum absolute atomic E-state index is 6.19. The summed E-state index contributed by atoms with van der Waals surface area (Å²) in [6, 6.07) is 7.13. The van der Waals surface area contributed by atoms with E-state index in [0.29, 0.717) is 12.0 Å². The molecule has 2 saturated heterocycles. The van der Waals surface area contributed by atoms with E-state index in [2.05, 4.69) is 30.0 Å². The van der Waals surface area contributed by atoms with Crippen molar-refractivity contribution in [3.63, 3.8) is 0 Å². The molecule has 1 aromatic heterocycles. The zero-order valence-electron chi connectivity index (χ0n) is 17.3. The normalized spacial score (nSPS) is 27.7. The fourth-order valence-electron chi connectivity index (χ4n) is 4.87. The van der Waals surface area contributed by atoms with Crippen LogP contribution in [0, 0.1) is 6.92 Å². The number of ether oxygens (including phenoxy) is 1. The molecule has 154 valence electrons. The lowest BCUT2D eigenvalue weighted by atomic mass is 9.87. The van der Waals surface area contributed by atoms with Crippen LogP contribution < -0.4 is 10.6 Å². The van der Waals surface area contributed by atoms with Crippen molar-refractivity contribution in [3.05, 3.63) is 29.6 Å². The molecule has 2 aromatic rings. The Morgan fingerprint density at radius 2 is 2.00 bits per heavy atom. The van der Waals surface area contributed by atoms with E-state index in [0.717, 1.165) is 87.4 Å². The van der Waals surface area contributed by atoms with Gasteiger partial charge >= 0.3 is 0 Å². The first-order valence-electron chi connectivity index (χ1n) is 11.1. The van der Waals surface area contributed by atoms with Gasteiger partial charge in [-0.15, -0.1) is 0 Å². The first-order valence-corrected chi connectivity index (χ1v) is 11.1. The number of anilines is 1. The van der Waals surface area contributed by atoms with Crippen LogP contribution in [-0.4, -0.2) is 54.1 Å². The average molecular weight is 394 g/mol. The van der Waals surface area contributed by atoms with E-state index in [9.17, 15) is 0 Å². The monoisotopic (exact) mass is 393 g/mol. The van der Waals surface area contributed by atoms with Crippen LogP contribution in [0.2, 0.25) is 0 Å². The lowest BCUT2D eigenvalue weighted by Gasteiger charge is -2.25. The first kappa shape index (κ1) is 18.9. The SMILES string of the molecule is Cc1ccc2nc(C3CCC(=NC4CCOC4)CC3)nc(N3CC[C@@H](N)C3)c2c1. The maximum atomic E-state index is 6.19. The number of hydrogen-bond donors (Lipinski definition) is 1. The van der Waals surface area contributed by atoms with Crippen LogP contribution in [0.3, 0.4) is 0 Å². The zero-order chi connectivity index (χ0) is 19.8. The largest absolute Gasteiger partial charge is 0.379 e. The molecule has 6 heteroatoms. The van der Waals surface area contributed by atoms with Gasteiger partial charge in [0.2, 0.25) is 0 Å². The van der Waals surface area contributed by atoms with Crippen molar-refractivity contribution >= 4 is 22.4 Å². The predicted molar refractivity (Wildman–Crippen MR) is 117 cm³/mol. The molecule has 3 heterocycles. The highest BCUT2D eigenvalue weighted by atomic mass is 16.5. The van der Waals surface area contributed by atoms with E-state index in [1.807, 2.05) is 0 Å². The molecule has 5 rings (SSSR count). The maximum Gasteiger partial charge on any atom is 0.140 e. The molecule has 0 bridgehead atoms. The predicted octanol–water partition coefficient (Wildman–Crippen LogP) is 3.36. The minimum atomic E-state index is 0.237. The highest BCUT2D eigenvalue weighted by molar-refractivity contribution is 5.90. The van der Waals surface area contributed by atoms with Crippen molar-refractivity contribution in [2.45, 2.75) is 63.5 Å². The van der Waals surface area contributed by atoms with Gasteiger partial charge in [-0.2, -0.15) is 0 Å². The molecule has 1 aromatic carbocycles. The van der Waals surface area contributed by atoms with Gasteiger partial charge in [0.15, 0.2) is 0 Å². The Labute approximate surface area is 172 Å². The topological polar surface area (TPSA) is 76.6 Å². The van der Waals surface area contributed by atoms with Crippen LogP contribution in [0.4, 0.5) is 5.82 Å². The molecule has 2 atom stereocenters. The zero-order valence-corrected chi connectivity index (χ0v) is 17.3. The van der Waals surface area contributed by atoms with Gasteiger partial charge in [0.05, 0.1) is 18.2 Å². The summed E-state index contributed by atoms with van der Waals surface area (Å²) >= 11 is 0. The summed E-state index contributed by atoms with van der Waals surface area (Å²) in [5.74, 6) is 2.49. The van der Waals surface area contributed by atoms with Crippen LogP contribution in [-0.2, 0) is 4.74 Å². The summed E-state index contributed by atoms with van der Waals surface area (Å²) in [5.41, 5.74) is 9.85. The Morgan fingerprint density at radius 1 is 1.14 bits per heavy atom. The standard InChI is InChI=1S/C23H31N5O/c1-15-2-7-21-20(12-15)23(28-10-8-17(24)13-28)27-22(26-21)16-3-5-18(6-4-16)25-19-9-11-29-14-19/h2,7,12,16-17,19H,3-6,8-11,13-14,24H2,1H3/t16?,17-,19?/m1/s1. The number of fused-ring (bicyclic) bond motifs is 1. The number of aromatic nitrogens is 2. The molecule has 0 radical (unpaired) electrons. The van der Waals surface area contributed by atoms with Crippen LogP contribution in [0.25, 0.3) is 10.9 Å². The lowest BCUT2D eigenvalue weighted by molar-refractivity contribution is 0.194. The number of hydrogen-bond acceptors (Lipinski definition) is 6. The van der Waals surface area contributed by atoms with E-state index < -0.39 is 0 Å². The van der Waals surface area contributed by atoms with Crippen molar-refractivity contribution in [1.82, 2.24) is 9.97 Å². The molecule has 1 unspecified atom stereocenters. The minimum Gasteiger partial charge on any atom is -0.379 e. The number of aryl methyl sites for hydroxylation is 1. The van der Waals surface area contributed by atoms with Crippen LogP contribution in [0.15, 0.2) is 23.2 Å². The molecule has 3 fully saturated rings. The molecule has 0 spiro atoms. The number of nitrogens with zero attached hydrogens (tertiary/aromatic N) is 4. The molecule has 6 nitrogen and oxygen atoms in total. The van der Waals surface area contributed by atoms with Crippen molar-refractivity contribution in [2.24, 2.45) is 10.7 Å². The van der Waals surface area contributed by atoms with E-state index in [1.54, 1.807) is 0 Å². The Morgan fingerprint density at radius 3 is 2.72 bits per heavy atom. The first-order chi connectivity index (χ1) is 14.2. The van der Waals surface area contributed by atoms with Crippen molar-refractivity contribution < 1.29 is 4.74 Å². The Balaban J connectivity index is 1.41. The second-order valence-electron chi connectivity index (χ2n) is 8.91. The Hall–Kier alpha value is -2.05. The van der Waals surface area contributed by atoms with Crippen molar-refractivity contribution in [1.29, 1.82) is 0 Å². The number of aliphatic imine (C=N–C) groups is 1. The molecule has 2 N–H and O–H groups in total. The van der Waals surface area contributed by atoms with Gasteiger partial charge < -0.3 is 15.4 Å². The Kier molecular flexibility index (Phi) is 5.22. The lowest BCUT2D eigenvalue weighted by Crippen LogP contribution is -2.27. The highest BCUT2D eigenvalue weighted by Crippen LogP contribution is 2.34. The molecular formula is C23H31N5O. The smallest absolute Gasteiger partial charge is 0.140 e. The van der Waals surface area contributed by atoms with E-state index in [1.165, 1.54) is 11.3 Å². The average Bonchev–Trinajstić information content (AvgIpc) is 3.39. The molecule has 0 amide bonds. The minimum absolute atomic E-state index is 0.237. The summed E-state index contributed by atoms with van der Waals surface area (Å²) < 4.78 is 5.47. The fourth-order valence-corrected chi connectivity index (χ4v) is 4.87. The summed E-state index contributed by atoms with van der Waals surface area (Å²) in [7, 11) is 0. The van der Waals surface area contributed by atoms with Gasteiger partial charge in [0.25, 0.3) is 0 Å². The quantitative estimate of drug-likeness (QED) is 0.865. The van der Waals surface area contributed by atoms with Crippen molar-refractivity contribution in [2.75, 3.05) is 31.2 Å². The van der Waals surface area contributed by atoms with Gasteiger partial charge in [-0.25, -0.2) is 9.97 Å². The van der Waals surface area contributed by atoms with E-state index >= 15 is 0 Å². The summed E-state index contributed by atoms with van der Waals surface area (Å²) in [6.07, 6.45) is 6.38. The van der Waals surface area contributed by atoms with Gasteiger partial charge in [-0.1, -0.05) is 11.6 Å². The van der Waals surface area contributed by atoms with Gasteiger partial charge in [0.1, 0.15) is 11.6 Å².